The summed E-state index contributed by atoms with van der Waals surface area (Å²) in [7, 11) is 3.39. The second-order valence-corrected chi connectivity index (χ2v) is 8.63. The normalized spacial score (nSPS) is 10.9. The van der Waals surface area contributed by atoms with Crippen LogP contribution in [0.2, 0.25) is 0 Å². The molecule has 2 aromatic carbocycles. The molecule has 4 rings (SSSR count). The minimum absolute atomic E-state index is 0.0744. The lowest BCUT2D eigenvalue weighted by molar-refractivity contribution is 0.0827. The number of primary amides is 1. The first-order valence-corrected chi connectivity index (χ1v) is 11.1. The Morgan fingerprint density at radius 2 is 1.75 bits per heavy atom. The number of aryl methyl sites for hydroxylation is 1. The number of nitrogens with two attached hydrogens (primary N) is 1. The maximum atomic E-state index is 13.7. The van der Waals surface area contributed by atoms with Gasteiger partial charge in [0.2, 0.25) is 5.91 Å². The molecule has 3 N–H and O–H groups in total. The smallest absolute Gasteiger partial charge is 0.274 e. The van der Waals surface area contributed by atoms with E-state index in [2.05, 4.69) is 15.4 Å². The molecule has 0 atom stereocenters. The zero-order valence-electron chi connectivity index (χ0n) is 20.3. The summed E-state index contributed by atoms with van der Waals surface area (Å²) in [4.78, 5) is 42.8. The van der Waals surface area contributed by atoms with Gasteiger partial charge in [-0.3, -0.25) is 19.1 Å². The third-order valence-electron chi connectivity index (χ3n) is 5.83. The molecule has 36 heavy (non-hydrogen) atoms. The molecule has 0 aliphatic carbocycles. The molecule has 2 heterocycles. The van der Waals surface area contributed by atoms with Crippen LogP contribution in [0.15, 0.2) is 48.5 Å². The molecule has 10 heteroatoms. The van der Waals surface area contributed by atoms with Crippen molar-refractivity contribution in [3.63, 3.8) is 0 Å². The van der Waals surface area contributed by atoms with Gasteiger partial charge in [0.25, 0.3) is 11.8 Å². The number of fused-ring (bicyclic) bond motifs is 1. The maximum absolute atomic E-state index is 13.7. The van der Waals surface area contributed by atoms with Crippen LogP contribution in [-0.4, -0.2) is 51.5 Å². The van der Waals surface area contributed by atoms with E-state index in [0.29, 0.717) is 34.6 Å². The molecule has 9 nitrogen and oxygen atoms in total. The van der Waals surface area contributed by atoms with Gasteiger partial charge >= 0.3 is 0 Å². The predicted octanol–water partition coefficient (Wildman–Crippen LogP) is 3.29. The summed E-state index contributed by atoms with van der Waals surface area (Å²) >= 11 is 0. The summed E-state index contributed by atoms with van der Waals surface area (Å²) in [6.45, 7) is 4.01. The van der Waals surface area contributed by atoms with Crippen LogP contribution in [0.1, 0.15) is 48.2 Å². The van der Waals surface area contributed by atoms with Gasteiger partial charge in [-0.15, -0.1) is 0 Å². The molecule has 0 radical (unpaired) electrons. The van der Waals surface area contributed by atoms with Gasteiger partial charge in [-0.1, -0.05) is 12.1 Å². The Morgan fingerprint density at radius 1 is 1.06 bits per heavy atom. The number of benzene rings is 2. The van der Waals surface area contributed by atoms with Crippen molar-refractivity contribution in [2.75, 3.05) is 19.4 Å². The minimum atomic E-state index is -0.749. The number of nitrogens with one attached hydrogen (secondary N) is 1. The first-order chi connectivity index (χ1) is 17.0. The molecule has 3 amide bonds. The molecule has 0 unspecified atom stereocenters. The number of pyridine rings is 1. The lowest BCUT2D eigenvalue weighted by atomic mass is 10.1. The summed E-state index contributed by atoms with van der Waals surface area (Å²) in [5.41, 5.74) is 8.93. The summed E-state index contributed by atoms with van der Waals surface area (Å²) in [6.07, 6.45) is 0. The standard InChI is InChI=1S/C26H25FN6O3/c1-14-23(15(2)33(31-14)13-16-5-7-17(8-6-16)26(36)32(3)4)30-25(35)22-12-20(24(28)34)19-10-9-18(27)11-21(19)29-22/h5-12H,13H2,1-4H3,(H2,28,34)(H,30,35). The number of aromatic nitrogens is 3. The zero-order chi connectivity index (χ0) is 26.1. The molecular weight excluding hydrogens is 463 g/mol. The molecule has 0 fully saturated rings. The second-order valence-electron chi connectivity index (χ2n) is 8.63. The van der Waals surface area contributed by atoms with Crippen LogP contribution in [0.3, 0.4) is 0 Å². The van der Waals surface area contributed by atoms with E-state index in [1.54, 1.807) is 37.8 Å². The molecule has 0 saturated carbocycles. The van der Waals surface area contributed by atoms with Crippen molar-refractivity contribution in [1.82, 2.24) is 19.7 Å². The fraction of sp³-hybridized carbons (Fsp3) is 0.192. The zero-order valence-corrected chi connectivity index (χ0v) is 20.3. The topological polar surface area (TPSA) is 123 Å². The van der Waals surface area contributed by atoms with Crippen molar-refractivity contribution in [2.45, 2.75) is 20.4 Å². The molecule has 0 bridgehead atoms. The van der Waals surface area contributed by atoms with E-state index in [0.717, 1.165) is 11.6 Å². The maximum Gasteiger partial charge on any atom is 0.274 e. The first-order valence-electron chi connectivity index (χ1n) is 11.1. The van der Waals surface area contributed by atoms with E-state index >= 15 is 0 Å². The average molecular weight is 489 g/mol. The first kappa shape index (κ1) is 24.5. The molecule has 0 aliphatic rings. The number of amides is 3. The van der Waals surface area contributed by atoms with Crippen molar-refractivity contribution in [3.8, 4) is 0 Å². The molecule has 2 aromatic heterocycles. The van der Waals surface area contributed by atoms with Crippen molar-refractivity contribution < 1.29 is 18.8 Å². The summed E-state index contributed by atoms with van der Waals surface area (Å²) < 4.78 is 15.5. The number of anilines is 1. The SMILES string of the molecule is Cc1nn(Cc2ccc(C(=O)N(C)C)cc2)c(C)c1NC(=O)c1cc(C(N)=O)c2ccc(F)cc2n1. The largest absolute Gasteiger partial charge is 0.366 e. The van der Waals surface area contributed by atoms with E-state index < -0.39 is 17.6 Å². The molecule has 184 valence electrons. The van der Waals surface area contributed by atoms with Crippen LogP contribution < -0.4 is 11.1 Å². The summed E-state index contributed by atoms with van der Waals surface area (Å²) in [5, 5.41) is 7.69. The van der Waals surface area contributed by atoms with Gasteiger partial charge in [-0.25, -0.2) is 9.37 Å². The Labute approximate surface area is 206 Å². The molecule has 0 aliphatic heterocycles. The number of carbonyl (C=O) groups is 3. The van der Waals surface area contributed by atoms with Crippen LogP contribution in [-0.2, 0) is 6.54 Å². The molecular formula is C26H25FN6O3. The van der Waals surface area contributed by atoms with Gasteiger partial charge in [0, 0.05) is 31.1 Å². The van der Waals surface area contributed by atoms with Gasteiger partial charge in [-0.2, -0.15) is 5.10 Å². The van der Waals surface area contributed by atoms with Gasteiger partial charge in [0.05, 0.1) is 34.7 Å². The third kappa shape index (κ3) is 4.78. The van der Waals surface area contributed by atoms with Crippen LogP contribution in [0.25, 0.3) is 10.9 Å². The minimum Gasteiger partial charge on any atom is -0.366 e. The van der Waals surface area contributed by atoms with Crippen molar-refractivity contribution in [3.05, 3.63) is 88.1 Å². The summed E-state index contributed by atoms with van der Waals surface area (Å²) in [5.74, 6) is -1.96. The van der Waals surface area contributed by atoms with E-state index in [1.807, 2.05) is 19.1 Å². The Balaban J connectivity index is 1.59. The number of nitrogens with zero attached hydrogens (tertiary/aromatic N) is 4. The lowest BCUT2D eigenvalue weighted by Gasteiger charge is -2.11. The monoisotopic (exact) mass is 488 g/mol. The Hall–Kier alpha value is -4.60. The Morgan fingerprint density at radius 3 is 2.39 bits per heavy atom. The Bertz CT molecular complexity index is 1510. The Kier molecular flexibility index (Phi) is 6.52. The van der Waals surface area contributed by atoms with Crippen molar-refractivity contribution in [1.29, 1.82) is 0 Å². The second kappa shape index (κ2) is 9.57. The van der Waals surface area contributed by atoms with Crippen LogP contribution >= 0.6 is 0 Å². The highest BCUT2D eigenvalue weighted by atomic mass is 19.1. The highest BCUT2D eigenvalue weighted by Gasteiger charge is 2.19. The fourth-order valence-corrected chi connectivity index (χ4v) is 3.91. The van der Waals surface area contributed by atoms with Crippen LogP contribution in [0, 0.1) is 19.7 Å². The highest BCUT2D eigenvalue weighted by Crippen LogP contribution is 2.23. The number of hydrogen-bond acceptors (Lipinski definition) is 5. The predicted molar refractivity (Wildman–Crippen MR) is 133 cm³/mol. The highest BCUT2D eigenvalue weighted by molar-refractivity contribution is 6.10. The molecule has 0 spiro atoms. The lowest BCUT2D eigenvalue weighted by Crippen LogP contribution is -2.21. The number of rotatable bonds is 6. The number of carbonyl (C=O) groups excluding carboxylic acids is 3. The molecule has 0 saturated heterocycles. The van der Waals surface area contributed by atoms with Crippen molar-refractivity contribution >= 4 is 34.3 Å². The van der Waals surface area contributed by atoms with Gasteiger partial charge in [0.15, 0.2) is 0 Å². The van der Waals surface area contributed by atoms with E-state index in [1.165, 1.54) is 23.1 Å². The number of hydrogen-bond donors (Lipinski definition) is 2. The quantitative estimate of drug-likeness (QED) is 0.431. The van der Waals surface area contributed by atoms with E-state index in [9.17, 15) is 18.8 Å². The van der Waals surface area contributed by atoms with Gasteiger partial charge < -0.3 is 16.0 Å². The van der Waals surface area contributed by atoms with Crippen molar-refractivity contribution in [2.24, 2.45) is 5.73 Å². The summed E-state index contributed by atoms with van der Waals surface area (Å²) in [6, 6.07) is 12.3. The van der Waals surface area contributed by atoms with E-state index in [-0.39, 0.29) is 22.7 Å². The van der Waals surface area contributed by atoms with E-state index in [4.69, 9.17) is 5.73 Å². The van der Waals surface area contributed by atoms with Gasteiger partial charge in [-0.05, 0) is 49.7 Å². The van der Waals surface area contributed by atoms with Gasteiger partial charge in [0.1, 0.15) is 11.5 Å². The third-order valence-corrected chi connectivity index (χ3v) is 5.83. The van der Waals surface area contributed by atoms with Crippen LogP contribution in [0.5, 0.6) is 0 Å². The van der Waals surface area contributed by atoms with Crippen LogP contribution in [0.4, 0.5) is 10.1 Å². The average Bonchev–Trinajstić information content (AvgIpc) is 3.10. The molecule has 4 aromatic rings. The fourth-order valence-electron chi connectivity index (χ4n) is 3.91. The number of halogens is 1.